The van der Waals surface area contributed by atoms with E-state index in [9.17, 15) is 14.4 Å². The van der Waals surface area contributed by atoms with Crippen molar-refractivity contribution in [3.63, 3.8) is 0 Å². The summed E-state index contributed by atoms with van der Waals surface area (Å²) >= 11 is 0. The van der Waals surface area contributed by atoms with Gasteiger partial charge in [-0.2, -0.15) is 0 Å². The van der Waals surface area contributed by atoms with E-state index in [2.05, 4.69) is 0 Å². The average molecular weight is 497 g/mol. The molecule has 0 saturated heterocycles. The van der Waals surface area contributed by atoms with Crippen molar-refractivity contribution in [1.82, 2.24) is 0 Å². The van der Waals surface area contributed by atoms with E-state index in [4.69, 9.17) is 18.9 Å². The highest BCUT2D eigenvalue weighted by Gasteiger charge is 2.28. The quantitative estimate of drug-likeness (QED) is 0.151. The number of carbonyl (C=O) groups is 3. The van der Waals surface area contributed by atoms with Crippen molar-refractivity contribution >= 4 is 23.8 Å². The van der Waals surface area contributed by atoms with Gasteiger partial charge in [-0.25, -0.2) is 0 Å². The fraction of sp³-hybridized carbons (Fsp3) is 0.414. The van der Waals surface area contributed by atoms with Gasteiger partial charge in [0.2, 0.25) is 5.78 Å². The zero-order valence-corrected chi connectivity index (χ0v) is 22.8. The Balaban J connectivity index is 2.51. The van der Waals surface area contributed by atoms with Crippen LogP contribution in [0.15, 0.2) is 36.1 Å². The van der Waals surface area contributed by atoms with E-state index in [1.165, 1.54) is 20.3 Å². The number of rotatable bonds is 7. The lowest BCUT2D eigenvalue weighted by molar-refractivity contribution is -0.143. The molecule has 0 bridgehead atoms. The first-order valence-corrected chi connectivity index (χ1v) is 11.6. The molecule has 0 aliphatic rings. The Morgan fingerprint density at radius 2 is 1.25 bits per heavy atom. The number of hydrogen-bond acceptors (Lipinski definition) is 7. The zero-order valence-electron chi connectivity index (χ0n) is 22.8. The molecular formula is C29H36O7. The van der Waals surface area contributed by atoms with Crippen molar-refractivity contribution in [1.29, 1.82) is 0 Å². The molecule has 0 heterocycles. The average Bonchev–Trinajstić information content (AvgIpc) is 2.78. The van der Waals surface area contributed by atoms with E-state index in [1.54, 1.807) is 65.8 Å². The number of Topliss-reactive ketones (excluding diaryl/α,β-unsaturated/α-hetero) is 1. The summed E-state index contributed by atoms with van der Waals surface area (Å²) in [6.45, 7) is 14.3. The second-order valence-electron chi connectivity index (χ2n) is 10.6. The Bertz CT molecular complexity index is 1170. The molecule has 2 aromatic rings. The summed E-state index contributed by atoms with van der Waals surface area (Å²) in [7, 11) is 2.90. The number of aryl methyl sites for hydroxylation is 2. The van der Waals surface area contributed by atoms with Crippen LogP contribution in [0.25, 0.3) is 6.08 Å². The SMILES string of the molecule is COC(=Cc1c(OC)c(C)cc(C)c1OC(=O)C(C)(C)C)C(=O)c1ccc(OC(=O)C(C)(C)C)cc1. The van der Waals surface area contributed by atoms with Crippen LogP contribution in [-0.4, -0.2) is 31.9 Å². The third kappa shape index (κ3) is 6.74. The lowest BCUT2D eigenvalue weighted by Crippen LogP contribution is -2.26. The van der Waals surface area contributed by atoms with Crippen LogP contribution in [0.1, 0.15) is 68.6 Å². The van der Waals surface area contributed by atoms with Crippen LogP contribution in [0.3, 0.4) is 0 Å². The van der Waals surface area contributed by atoms with Crippen molar-refractivity contribution in [2.75, 3.05) is 14.2 Å². The van der Waals surface area contributed by atoms with Crippen molar-refractivity contribution in [2.24, 2.45) is 10.8 Å². The summed E-state index contributed by atoms with van der Waals surface area (Å²) < 4.78 is 22.2. The monoisotopic (exact) mass is 496 g/mol. The highest BCUT2D eigenvalue weighted by molar-refractivity contribution is 6.10. The lowest BCUT2D eigenvalue weighted by atomic mass is 9.96. The molecular weight excluding hydrogens is 460 g/mol. The molecule has 2 rings (SSSR count). The summed E-state index contributed by atoms with van der Waals surface area (Å²) in [5.74, 6) is -0.0866. The van der Waals surface area contributed by atoms with Crippen LogP contribution in [0.4, 0.5) is 0 Å². The van der Waals surface area contributed by atoms with Gasteiger partial charge in [-0.15, -0.1) is 0 Å². The predicted octanol–water partition coefficient (Wildman–Crippen LogP) is 6.09. The third-order valence-electron chi connectivity index (χ3n) is 5.31. The lowest BCUT2D eigenvalue weighted by Gasteiger charge is -2.21. The number of allylic oxidation sites excluding steroid dienone is 1. The normalized spacial score (nSPS) is 12.1. The van der Waals surface area contributed by atoms with Gasteiger partial charge in [0.05, 0.1) is 30.6 Å². The number of ketones is 1. The molecule has 0 spiro atoms. The number of carbonyl (C=O) groups excluding carboxylic acids is 3. The number of benzene rings is 2. The number of esters is 2. The number of hydrogen-bond donors (Lipinski definition) is 0. The Kier molecular flexibility index (Phi) is 8.73. The molecule has 0 amide bonds. The second-order valence-corrected chi connectivity index (χ2v) is 10.6. The maximum atomic E-state index is 13.3. The molecule has 36 heavy (non-hydrogen) atoms. The van der Waals surface area contributed by atoms with E-state index in [0.29, 0.717) is 33.9 Å². The predicted molar refractivity (Wildman–Crippen MR) is 138 cm³/mol. The van der Waals surface area contributed by atoms with Gasteiger partial charge in [0.1, 0.15) is 17.2 Å². The van der Waals surface area contributed by atoms with Crippen LogP contribution in [-0.2, 0) is 14.3 Å². The summed E-state index contributed by atoms with van der Waals surface area (Å²) in [6, 6.07) is 8.07. The van der Waals surface area contributed by atoms with Crippen LogP contribution in [0, 0.1) is 24.7 Å². The van der Waals surface area contributed by atoms with Gasteiger partial charge in [0, 0.05) is 5.56 Å². The summed E-state index contributed by atoms with van der Waals surface area (Å²) in [5, 5.41) is 0. The largest absolute Gasteiger partial charge is 0.496 e. The summed E-state index contributed by atoms with van der Waals surface area (Å²) in [5.41, 5.74) is 0.891. The molecule has 0 radical (unpaired) electrons. The Labute approximate surface area is 213 Å². The van der Waals surface area contributed by atoms with Gasteiger partial charge in [-0.1, -0.05) is 0 Å². The van der Waals surface area contributed by atoms with E-state index in [-0.39, 0.29) is 11.7 Å². The third-order valence-corrected chi connectivity index (χ3v) is 5.31. The molecule has 194 valence electrons. The van der Waals surface area contributed by atoms with Gasteiger partial charge in [-0.3, -0.25) is 14.4 Å². The van der Waals surface area contributed by atoms with Crippen LogP contribution < -0.4 is 14.2 Å². The summed E-state index contributed by atoms with van der Waals surface area (Å²) in [6.07, 6.45) is 1.51. The Hall–Kier alpha value is -3.61. The summed E-state index contributed by atoms with van der Waals surface area (Å²) in [4.78, 5) is 38.1. The van der Waals surface area contributed by atoms with Crippen molar-refractivity contribution in [3.05, 3.63) is 58.3 Å². The molecule has 0 aromatic heterocycles. The topological polar surface area (TPSA) is 88.1 Å². The first-order valence-electron chi connectivity index (χ1n) is 11.6. The number of methoxy groups -OCH3 is 2. The number of ether oxygens (including phenoxy) is 4. The maximum absolute atomic E-state index is 13.3. The van der Waals surface area contributed by atoms with E-state index >= 15 is 0 Å². The van der Waals surface area contributed by atoms with Gasteiger partial charge in [0.25, 0.3) is 0 Å². The highest BCUT2D eigenvalue weighted by Crippen LogP contribution is 2.38. The highest BCUT2D eigenvalue weighted by atomic mass is 16.5. The molecule has 0 saturated carbocycles. The molecule has 7 heteroatoms. The van der Waals surface area contributed by atoms with Crippen LogP contribution in [0.5, 0.6) is 17.2 Å². The maximum Gasteiger partial charge on any atom is 0.316 e. The Morgan fingerprint density at radius 3 is 1.72 bits per heavy atom. The first kappa shape index (κ1) is 28.6. The standard InChI is InChI=1S/C29H36O7/c1-17-15-18(2)25(36-27(32)29(6,7)8)21(24(17)34-10)16-22(33-9)23(30)19-11-13-20(14-12-19)35-26(31)28(3,4)5/h11-16H,1-10H3. The van der Waals surface area contributed by atoms with Gasteiger partial charge < -0.3 is 18.9 Å². The Morgan fingerprint density at radius 1 is 0.750 bits per heavy atom. The molecule has 7 nitrogen and oxygen atoms in total. The van der Waals surface area contributed by atoms with Gasteiger partial charge in [-0.05, 0) is 103 Å². The van der Waals surface area contributed by atoms with Crippen molar-refractivity contribution in [2.45, 2.75) is 55.4 Å². The van der Waals surface area contributed by atoms with Crippen molar-refractivity contribution < 1.29 is 33.3 Å². The zero-order chi connectivity index (χ0) is 27.4. The van der Waals surface area contributed by atoms with E-state index in [1.807, 2.05) is 19.9 Å². The van der Waals surface area contributed by atoms with Crippen LogP contribution >= 0.6 is 0 Å². The minimum Gasteiger partial charge on any atom is -0.496 e. The fourth-order valence-corrected chi connectivity index (χ4v) is 3.19. The molecule has 0 aliphatic carbocycles. The fourth-order valence-electron chi connectivity index (χ4n) is 3.19. The van der Waals surface area contributed by atoms with Gasteiger partial charge >= 0.3 is 11.9 Å². The second kappa shape index (κ2) is 11.0. The molecule has 2 aromatic carbocycles. The van der Waals surface area contributed by atoms with Gasteiger partial charge in [0.15, 0.2) is 5.76 Å². The van der Waals surface area contributed by atoms with E-state index in [0.717, 1.165) is 5.56 Å². The minimum absolute atomic E-state index is 0.0193. The van der Waals surface area contributed by atoms with E-state index < -0.39 is 22.6 Å². The molecule has 0 fully saturated rings. The van der Waals surface area contributed by atoms with Crippen molar-refractivity contribution in [3.8, 4) is 17.2 Å². The van der Waals surface area contributed by atoms with Crippen LogP contribution in [0.2, 0.25) is 0 Å². The smallest absolute Gasteiger partial charge is 0.316 e. The molecule has 0 atom stereocenters. The minimum atomic E-state index is -0.732. The molecule has 0 unspecified atom stereocenters. The molecule has 0 aliphatic heterocycles. The first-order chi connectivity index (χ1) is 16.6. The molecule has 0 N–H and O–H groups in total.